The smallest absolute Gasteiger partial charge is 0.0843 e. The average Bonchev–Trinajstić information content (AvgIpc) is 2.03. The molecule has 1 N–H and O–H groups in total. The molecule has 0 heterocycles. The predicted molar refractivity (Wildman–Crippen MR) is 51.1 cm³/mol. The van der Waals surface area contributed by atoms with Gasteiger partial charge in [-0.05, 0) is 31.4 Å². The lowest BCUT2D eigenvalue weighted by Gasteiger charge is -2.20. The minimum absolute atomic E-state index is 0.716. The summed E-state index contributed by atoms with van der Waals surface area (Å²) in [4.78, 5) is 0. The molecule has 1 aromatic rings. The molecule has 0 amide bonds. The van der Waals surface area contributed by atoms with E-state index in [9.17, 15) is 5.11 Å². The third-order valence-electron chi connectivity index (χ3n) is 2.06. The Morgan fingerprint density at radius 2 is 1.83 bits per heavy atom. The topological polar surface area (TPSA) is 20.2 Å². The van der Waals surface area contributed by atoms with Crippen molar-refractivity contribution >= 4 is 0 Å². The second-order valence-electron chi connectivity index (χ2n) is 3.57. The molecule has 12 heavy (non-hydrogen) atoms. The molecule has 0 bridgehead atoms. The quantitative estimate of drug-likeness (QED) is 0.712. The van der Waals surface area contributed by atoms with E-state index in [1.165, 1.54) is 5.56 Å². The lowest BCUT2D eigenvalue weighted by molar-refractivity contribution is 0.0777. The molecule has 1 heteroatoms. The van der Waals surface area contributed by atoms with Gasteiger partial charge in [0.25, 0.3) is 0 Å². The number of hydrogen-bond acceptors (Lipinski definition) is 1. The summed E-state index contributed by atoms with van der Waals surface area (Å²) >= 11 is 0. The molecule has 0 saturated heterocycles. The number of aryl methyl sites for hydroxylation is 1. The minimum atomic E-state index is -0.716. The summed E-state index contributed by atoms with van der Waals surface area (Å²) in [6.45, 7) is 5.74. The van der Waals surface area contributed by atoms with Crippen molar-refractivity contribution in [3.8, 4) is 0 Å². The van der Waals surface area contributed by atoms with Gasteiger partial charge in [0, 0.05) is 0 Å². The van der Waals surface area contributed by atoms with E-state index in [0.717, 1.165) is 12.0 Å². The zero-order chi connectivity index (χ0) is 9.19. The molecule has 0 aromatic heterocycles. The molecule has 1 aromatic carbocycles. The molecule has 0 aliphatic carbocycles. The number of aliphatic hydroxyl groups is 1. The fourth-order valence-electron chi connectivity index (χ4n) is 1.43. The molecule has 0 aliphatic heterocycles. The van der Waals surface area contributed by atoms with Crippen molar-refractivity contribution in [2.45, 2.75) is 32.8 Å². The van der Waals surface area contributed by atoms with Crippen LogP contribution in [0.2, 0.25) is 0 Å². The molecule has 1 rings (SSSR count). The Hall–Kier alpha value is -0.820. The van der Waals surface area contributed by atoms with E-state index in [-0.39, 0.29) is 0 Å². The molecular weight excluding hydrogens is 148 g/mol. The Labute approximate surface area is 74.1 Å². The largest absolute Gasteiger partial charge is 0.386 e. The van der Waals surface area contributed by atoms with E-state index in [2.05, 4.69) is 13.0 Å². The first kappa shape index (κ1) is 9.27. The van der Waals surface area contributed by atoms with Gasteiger partial charge in [-0.25, -0.2) is 0 Å². The highest BCUT2D eigenvalue weighted by molar-refractivity contribution is 5.31. The zero-order valence-corrected chi connectivity index (χ0v) is 7.96. The summed E-state index contributed by atoms with van der Waals surface area (Å²) in [7, 11) is 0. The third kappa shape index (κ3) is 1.86. The first-order valence-corrected chi connectivity index (χ1v) is 4.36. The average molecular weight is 164 g/mol. The van der Waals surface area contributed by atoms with Crippen LogP contribution in [0, 0.1) is 0 Å². The number of rotatable bonds is 2. The van der Waals surface area contributed by atoms with Gasteiger partial charge in [0.1, 0.15) is 0 Å². The number of hydrogen-bond donors (Lipinski definition) is 1. The van der Waals surface area contributed by atoms with E-state index in [4.69, 9.17) is 0 Å². The van der Waals surface area contributed by atoms with Crippen LogP contribution in [-0.4, -0.2) is 5.11 Å². The maximum Gasteiger partial charge on any atom is 0.0843 e. The van der Waals surface area contributed by atoms with Crippen LogP contribution in [0.5, 0.6) is 0 Å². The van der Waals surface area contributed by atoms with Crippen LogP contribution in [0.15, 0.2) is 24.3 Å². The number of benzene rings is 1. The zero-order valence-electron chi connectivity index (χ0n) is 7.96. The Morgan fingerprint density at radius 1 is 1.25 bits per heavy atom. The van der Waals surface area contributed by atoms with Gasteiger partial charge in [0.15, 0.2) is 0 Å². The van der Waals surface area contributed by atoms with Crippen molar-refractivity contribution in [2.24, 2.45) is 0 Å². The van der Waals surface area contributed by atoms with Gasteiger partial charge in [-0.2, -0.15) is 0 Å². The van der Waals surface area contributed by atoms with Crippen molar-refractivity contribution in [3.05, 3.63) is 35.4 Å². The Morgan fingerprint density at radius 3 is 2.25 bits per heavy atom. The van der Waals surface area contributed by atoms with Crippen molar-refractivity contribution in [3.63, 3.8) is 0 Å². The Kier molecular flexibility index (Phi) is 2.53. The van der Waals surface area contributed by atoms with Crippen LogP contribution in [0.25, 0.3) is 0 Å². The summed E-state index contributed by atoms with van der Waals surface area (Å²) in [5, 5.41) is 9.80. The van der Waals surface area contributed by atoms with Crippen LogP contribution >= 0.6 is 0 Å². The van der Waals surface area contributed by atoms with Crippen LogP contribution in [0.4, 0.5) is 0 Å². The maximum absolute atomic E-state index is 9.80. The molecule has 0 spiro atoms. The van der Waals surface area contributed by atoms with E-state index < -0.39 is 5.60 Å². The van der Waals surface area contributed by atoms with Gasteiger partial charge in [-0.1, -0.05) is 31.2 Å². The lowest BCUT2D eigenvalue weighted by atomic mass is 9.92. The Bertz CT molecular complexity index is 258. The highest BCUT2D eigenvalue weighted by Crippen LogP contribution is 2.23. The van der Waals surface area contributed by atoms with Gasteiger partial charge in [-0.3, -0.25) is 0 Å². The van der Waals surface area contributed by atoms with Gasteiger partial charge in [0.05, 0.1) is 5.60 Å². The van der Waals surface area contributed by atoms with Crippen LogP contribution in [0.1, 0.15) is 31.9 Å². The molecule has 0 aliphatic rings. The molecule has 0 atom stereocenters. The summed E-state index contributed by atoms with van der Waals surface area (Å²) in [5.41, 5.74) is 1.55. The van der Waals surface area contributed by atoms with E-state index in [1.54, 1.807) is 0 Å². The standard InChI is InChI=1S/C11H16O/c1-4-9-7-5-6-8-10(9)11(2,3)12/h5-8,12H,4H2,1-3H3. The summed E-state index contributed by atoms with van der Waals surface area (Å²) in [6, 6.07) is 8.02. The molecule has 1 nitrogen and oxygen atoms in total. The molecule has 0 saturated carbocycles. The normalized spacial score (nSPS) is 11.7. The SMILES string of the molecule is CCc1ccccc1C(C)(C)O. The van der Waals surface area contributed by atoms with E-state index in [0.29, 0.717) is 0 Å². The van der Waals surface area contributed by atoms with Crippen LogP contribution in [-0.2, 0) is 12.0 Å². The predicted octanol–water partition coefficient (Wildman–Crippen LogP) is 2.48. The van der Waals surface area contributed by atoms with Crippen LogP contribution < -0.4 is 0 Å². The van der Waals surface area contributed by atoms with Gasteiger partial charge in [0.2, 0.25) is 0 Å². The van der Waals surface area contributed by atoms with Crippen molar-refractivity contribution < 1.29 is 5.11 Å². The second kappa shape index (κ2) is 3.28. The van der Waals surface area contributed by atoms with E-state index in [1.807, 2.05) is 32.0 Å². The first-order chi connectivity index (χ1) is 5.55. The highest BCUT2D eigenvalue weighted by atomic mass is 16.3. The van der Waals surface area contributed by atoms with E-state index >= 15 is 0 Å². The van der Waals surface area contributed by atoms with Crippen molar-refractivity contribution in [1.29, 1.82) is 0 Å². The van der Waals surface area contributed by atoms with Crippen molar-refractivity contribution in [1.82, 2.24) is 0 Å². The molecule has 0 fully saturated rings. The maximum atomic E-state index is 9.80. The van der Waals surface area contributed by atoms with Gasteiger partial charge < -0.3 is 5.11 Å². The molecular formula is C11H16O. The van der Waals surface area contributed by atoms with Gasteiger partial charge >= 0.3 is 0 Å². The first-order valence-electron chi connectivity index (χ1n) is 4.36. The lowest BCUT2D eigenvalue weighted by Crippen LogP contribution is -2.17. The van der Waals surface area contributed by atoms with Gasteiger partial charge in [-0.15, -0.1) is 0 Å². The monoisotopic (exact) mass is 164 g/mol. The molecule has 0 radical (unpaired) electrons. The third-order valence-corrected chi connectivity index (χ3v) is 2.06. The summed E-state index contributed by atoms with van der Waals surface area (Å²) < 4.78 is 0. The minimum Gasteiger partial charge on any atom is -0.386 e. The van der Waals surface area contributed by atoms with Crippen LogP contribution in [0.3, 0.4) is 0 Å². The van der Waals surface area contributed by atoms with Crippen molar-refractivity contribution in [2.75, 3.05) is 0 Å². The summed E-state index contributed by atoms with van der Waals surface area (Å²) in [5.74, 6) is 0. The summed E-state index contributed by atoms with van der Waals surface area (Å²) in [6.07, 6.45) is 0.972. The molecule has 0 unspecified atom stereocenters. The fraction of sp³-hybridized carbons (Fsp3) is 0.455. The Balaban J connectivity index is 3.14. The second-order valence-corrected chi connectivity index (χ2v) is 3.57. The molecule has 66 valence electrons. The fourth-order valence-corrected chi connectivity index (χ4v) is 1.43. The highest BCUT2D eigenvalue weighted by Gasteiger charge is 2.17.